The number of hydrogen-bond acceptors (Lipinski definition) is 6. The third-order valence-corrected chi connectivity index (χ3v) is 6.11. The maximum absolute atomic E-state index is 6.34. The van der Waals surface area contributed by atoms with E-state index in [4.69, 9.17) is 39.3 Å². The van der Waals surface area contributed by atoms with Crippen LogP contribution in [0.15, 0.2) is 47.0 Å². The second-order valence-corrected chi connectivity index (χ2v) is 8.77. The minimum atomic E-state index is 0.484. The fraction of sp³-hybridized carbons (Fsp3) is 0.364. The molecule has 0 atom stereocenters. The van der Waals surface area contributed by atoms with Crippen LogP contribution in [0.5, 0.6) is 0 Å². The van der Waals surface area contributed by atoms with E-state index < -0.39 is 0 Å². The van der Waals surface area contributed by atoms with Gasteiger partial charge < -0.3 is 14.7 Å². The molecule has 1 N–H and O–H groups in total. The number of halogens is 3. The van der Waals surface area contributed by atoms with E-state index in [1.165, 1.54) is 0 Å². The van der Waals surface area contributed by atoms with Crippen LogP contribution < -0.4 is 10.2 Å². The quantitative estimate of drug-likeness (QED) is 0.417. The first kappa shape index (κ1) is 22.2. The Morgan fingerprint density at radius 3 is 2.39 bits per heavy atom. The van der Waals surface area contributed by atoms with Gasteiger partial charge in [0.25, 0.3) is 11.8 Å². The van der Waals surface area contributed by atoms with E-state index in [9.17, 15) is 0 Å². The zero-order chi connectivity index (χ0) is 21.6. The molecule has 6 nitrogen and oxygen atoms in total. The highest BCUT2D eigenvalue weighted by Gasteiger charge is 2.18. The number of rotatable bonds is 8. The van der Waals surface area contributed by atoms with Gasteiger partial charge in [-0.1, -0.05) is 34.8 Å². The van der Waals surface area contributed by atoms with Crippen LogP contribution in [0.2, 0.25) is 15.1 Å². The molecule has 0 spiro atoms. The van der Waals surface area contributed by atoms with Gasteiger partial charge in [0.15, 0.2) is 0 Å². The molecule has 0 bridgehead atoms. The van der Waals surface area contributed by atoms with Crippen LogP contribution in [0, 0.1) is 0 Å². The van der Waals surface area contributed by atoms with Gasteiger partial charge in [-0.2, -0.15) is 4.98 Å². The largest absolute Gasteiger partial charge is 0.368 e. The number of benzene rings is 2. The van der Waals surface area contributed by atoms with E-state index in [2.05, 4.69) is 25.3 Å². The lowest BCUT2D eigenvalue weighted by atomic mass is 10.2. The summed E-state index contributed by atoms with van der Waals surface area (Å²) in [5, 5.41) is 9.28. The number of unbranched alkanes of at least 4 members (excludes halogenated alkanes) is 1. The maximum Gasteiger partial charge on any atom is 0.263 e. The standard InChI is InChI=1S/C22H24Cl3N5O/c23-17-5-3-16(4-6-17)21-27-22(28-31-21)26-9-1-2-10-29-11-13-30(14-12-29)20-8-7-18(24)15-19(20)25/h3-8,15H,1-2,9-14H2,(H,26,28). The molecule has 2 aromatic carbocycles. The first-order chi connectivity index (χ1) is 15.1. The summed E-state index contributed by atoms with van der Waals surface area (Å²) in [5.41, 5.74) is 1.91. The van der Waals surface area contributed by atoms with Crippen LogP contribution >= 0.6 is 34.8 Å². The van der Waals surface area contributed by atoms with Gasteiger partial charge in [0.1, 0.15) is 0 Å². The predicted molar refractivity (Wildman–Crippen MR) is 128 cm³/mol. The molecule has 31 heavy (non-hydrogen) atoms. The van der Waals surface area contributed by atoms with Crippen LogP contribution in [0.25, 0.3) is 11.5 Å². The van der Waals surface area contributed by atoms with Gasteiger partial charge >= 0.3 is 0 Å². The highest BCUT2D eigenvalue weighted by atomic mass is 35.5. The van der Waals surface area contributed by atoms with Crippen molar-refractivity contribution in [1.29, 1.82) is 0 Å². The Labute approximate surface area is 197 Å². The van der Waals surface area contributed by atoms with E-state index in [0.29, 0.717) is 26.9 Å². The van der Waals surface area contributed by atoms with E-state index in [1.54, 1.807) is 18.2 Å². The maximum atomic E-state index is 6.34. The topological polar surface area (TPSA) is 57.4 Å². The van der Waals surface area contributed by atoms with E-state index in [0.717, 1.165) is 63.4 Å². The number of hydrogen-bond donors (Lipinski definition) is 1. The van der Waals surface area contributed by atoms with Gasteiger partial charge in [-0.05, 0) is 67.0 Å². The molecule has 3 aromatic rings. The first-order valence-corrected chi connectivity index (χ1v) is 11.5. The fourth-order valence-corrected chi connectivity index (χ4v) is 4.27. The SMILES string of the molecule is Clc1ccc(-c2nc(NCCCCN3CCN(c4ccc(Cl)cc4Cl)CC3)no2)cc1. The molecular formula is C22H24Cl3N5O. The summed E-state index contributed by atoms with van der Waals surface area (Å²) in [6.07, 6.45) is 2.14. The summed E-state index contributed by atoms with van der Waals surface area (Å²) in [4.78, 5) is 9.20. The minimum absolute atomic E-state index is 0.484. The summed E-state index contributed by atoms with van der Waals surface area (Å²) in [6.45, 7) is 5.88. The molecule has 0 amide bonds. The summed E-state index contributed by atoms with van der Waals surface area (Å²) < 4.78 is 5.31. The van der Waals surface area contributed by atoms with Crippen LogP contribution in [-0.2, 0) is 0 Å². The van der Waals surface area contributed by atoms with E-state index in [1.807, 2.05) is 24.3 Å². The Balaban J connectivity index is 1.14. The van der Waals surface area contributed by atoms with Crippen LogP contribution in [0.3, 0.4) is 0 Å². The molecular weight excluding hydrogens is 457 g/mol. The number of nitrogens with one attached hydrogen (secondary N) is 1. The Hall–Kier alpha value is -1.99. The lowest BCUT2D eigenvalue weighted by molar-refractivity contribution is 0.254. The Bertz CT molecular complexity index is 987. The number of piperazine rings is 1. The zero-order valence-electron chi connectivity index (χ0n) is 17.0. The Morgan fingerprint density at radius 1 is 0.903 bits per heavy atom. The molecule has 1 aliphatic heterocycles. The van der Waals surface area contributed by atoms with Crippen LogP contribution in [0.1, 0.15) is 12.8 Å². The van der Waals surface area contributed by atoms with Gasteiger partial charge in [-0.15, -0.1) is 0 Å². The lowest BCUT2D eigenvalue weighted by Crippen LogP contribution is -2.46. The molecule has 0 saturated carbocycles. The van der Waals surface area contributed by atoms with Crippen molar-refractivity contribution in [3.05, 3.63) is 57.5 Å². The van der Waals surface area contributed by atoms with Crippen molar-refractivity contribution in [3.8, 4) is 11.5 Å². The molecule has 0 unspecified atom stereocenters. The van der Waals surface area contributed by atoms with E-state index >= 15 is 0 Å². The Kier molecular flexibility index (Phi) is 7.56. The normalized spacial score (nSPS) is 14.7. The van der Waals surface area contributed by atoms with Gasteiger partial charge in [0.2, 0.25) is 0 Å². The number of anilines is 2. The van der Waals surface area contributed by atoms with Gasteiger partial charge in [-0.3, -0.25) is 4.90 Å². The van der Waals surface area contributed by atoms with Crippen molar-refractivity contribution >= 4 is 46.4 Å². The molecule has 0 aliphatic carbocycles. The molecule has 9 heteroatoms. The summed E-state index contributed by atoms with van der Waals surface area (Å²) >= 11 is 18.3. The molecule has 2 heterocycles. The van der Waals surface area contributed by atoms with E-state index in [-0.39, 0.29) is 0 Å². The molecule has 1 saturated heterocycles. The van der Waals surface area contributed by atoms with Crippen molar-refractivity contribution in [2.75, 3.05) is 49.5 Å². The molecule has 4 rings (SSSR count). The molecule has 1 aliphatic rings. The monoisotopic (exact) mass is 479 g/mol. The third-order valence-electron chi connectivity index (χ3n) is 5.32. The van der Waals surface area contributed by atoms with Gasteiger partial charge in [0, 0.05) is 48.3 Å². The van der Waals surface area contributed by atoms with Crippen molar-refractivity contribution in [3.63, 3.8) is 0 Å². The lowest BCUT2D eigenvalue weighted by Gasteiger charge is -2.36. The molecule has 0 radical (unpaired) electrons. The van der Waals surface area contributed by atoms with Crippen LogP contribution in [-0.4, -0.2) is 54.3 Å². The fourth-order valence-electron chi connectivity index (χ4n) is 3.62. The smallest absolute Gasteiger partial charge is 0.263 e. The van der Waals surface area contributed by atoms with Gasteiger partial charge in [-0.25, -0.2) is 0 Å². The minimum Gasteiger partial charge on any atom is -0.368 e. The Morgan fingerprint density at radius 2 is 1.65 bits per heavy atom. The van der Waals surface area contributed by atoms with Crippen molar-refractivity contribution in [2.24, 2.45) is 0 Å². The highest BCUT2D eigenvalue weighted by molar-refractivity contribution is 6.36. The van der Waals surface area contributed by atoms with Crippen molar-refractivity contribution in [2.45, 2.75) is 12.8 Å². The van der Waals surface area contributed by atoms with Gasteiger partial charge in [0.05, 0.1) is 10.7 Å². The average molecular weight is 481 g/mol. The molecule has 1 aromatic heterocycles. The zero-order valence-corrected chi connectivity index (χ0v) is 19.3. The summed E-state index contributed by atoms with van der Waals surface area (Å²) in [6, 6.07) is 13.0. The first-order valence-electron chi connectivity index (χ1n) is 10.3. The van der Waals surface area contributed by atoms with Crippen molar-refractivity contribution < 1.29 is 4.52 Å². The predicted octanol–water partition coefficient (Wildman–Crippen LogP) is 5.71. The highest BCUT2D eigenvalue weighted by Crippen LogP contribution is 2.29. The number of aromatic nitrogens is 2. The van der Waals surface area contributed by atoms with Crippen LogP contribution in [0.4, 0.5) is 11.6 Å². The average Bonchev–Trinajstić information content (AvgIpc) is 3.24. The number of nitrogens with zero attached hydrogens (tertiary/aromatic N) is 4. The summed E-state index contributed by atoms with van der Waals surface area (Å²) in [5.74, 6) is 0.997. The second kappa shape index (κ2) is 10.6. The summed E-state index contributed by atoms with van der Waals surface area (Å²) in [7, 11) is 0. The second-order valence-electron chi connectivity index (χ2n) is 7.49. The molecule has 1 fully saturated rings. The third kappa shape index (κ3) is 6.04. The van der Waals surface area contributed by atoms with Crippen molar-refractivity contribution in [1.82, 2.24) is 15.0 Å². The molecule has 164 valence electrons.